The van der Waals surface area contributed by atoms with E-state index in [1.165, 1.54) is 12.1 Å². The lowest BCUT2D eigenvalue weighted by molar-refractivity contribution is -0.204. The van der Waals surface area contributed by atoms with Crippen molar-refractivity contribution in [1.29, 1.82) is 0 Å². The fourth-order valence-corrected chi connectivity index (χ4v) is 2.42. The van der Waals surface area contributed by atoms with Crippen molar-refractivity contribution in [3.63, 3.8) is 0 Å². The highest BCUT2D eigenvalue weighted by Crippen LogP contribution is 2.31. The highest BCUT2D eigenvalue weighted by Gasteiger charge is 2.37. The predicted octanol–water partition coefficient (Wildman–Crippen LogP) is 2.43. The minimum Gasteiger partial charge on any atom is -0.384 e. The molecule has 2 atom stereocenters. The molecule has 2 rings (SSSR count). The summed E-state index contributed by atoms with van der Waals surface area (Å²) in [5, 5.41) is 13.7. The summed E-state index contributed by atoms with van der Waals surface area (Å²) in [7, 11) is 0. The monoisotopic (exact) mass is 320 g/mol. The lowest BCUT2D eigenvalue weighted by Crippen LogP contribution is -2.40. The molecule has 0 heterocycles. The van der Waals surface area contributed by atoms with Crippen LogP contribution in [0.15, 0.2) is 18.2 Å². The third kappa shape index (κ3) is 4.09. The Morgan fingerprint density at radius 1 is 1.41 bits per heavy atom. The summed E-state index contributed by atoms with van der Waals surface area (Å²) in [4.78, 5) is 11.6. The van der Waals surface area contributed by atoms with Gasteiger partial charge < -0.3 is 15.7 Å². The number of carbonyl (C=O) groups is 1. The van der Waals surface area contributed by atoms with Crippen molar-refractivity contribution in [1.82, 2.24) is 10.6 Å². The summed E-state index contributed by atoms with van der Waals surface area (Å²) in [5.74, 6) is -0.402. The Kier molecular flexibility index (Phi) is 4.90. The van der Waals surface area contributed by atoms with Crippen molar-refractivity contribution in [2.24, 2.45) is 0 Å². The van der Waals surface area contributed by atoms with Crippen LogP contribution in [0.1, 0.15) is 30.0 Å². The van der Waals surface area contributed by atoms with E-state index in [0.717, 1.165) is 5.56 Å². The second-order valence-corrected chi connectivity index (χ2v) is 5.18. The highest BCUT2D eigenvalue weighted by atomic mass is 19.4. The van der Waals surface area contributed by atoms with Crippen molar-refractivity contribution in [3.05, 3.63) is 35.1 Å². The summed E-state index contributed by atoms with van der Waals surface area (Å²) in [6.45, 7) is -0.310. The smallest absolute Gasteiger partial charge is 0.384 e. The van der Waals surface area contributed by atoms with Gasteiger partial charge in [-0.2, -0.15) is 13.2 Å². The lowest BCUT2D eigenvalue weighted by Gasteiger charge is -2.17. The van der Waals surface area contributed by atoms with Gasteiger partial charge in [-0.3, -0.25) is 0 Å². The number of aliphatic hydroxyl groups is 1. The van der Waals surface area contributed by atoms with E-state index in [-0.39, 0.29) is 12.6 Å². The largest absolute Gasteiger partial charge is 0.414 e. The zero-order valence-electron chi connectivity index (χ0n) is 11.6. The van der Waals surface area contributed by atoms with Gasteiger partial charge in [0.1, 0.15) is 5.82 Å². The summed E-state index contributed by atoms with van der Waals surface area (Å²) in [6, 6.07) is 3.35. The number of benzene rings is 1. The quantitative estimate of drug-likeness (QED) is 0.746. The van der Waals surface area contributed by atoms with E-state index in [9.17, 15) is 22.4 Å². The fraction of sp³-hybridized carbons (Fsp3) is 0.500. The first-order chi connectivity index (χ1) is 10.3. The number of alkyl halides is 3. The molecule has 2 amide bonds. The summed E-state index contributed by atoms with van der Waals surface area (Å²) >= 11 is 0. The van der Waals surface area contributed by atoms with Gasteiger partial charge in [0.25, 0.3) is 0 Å². The molecule has 0 bridgehead atoms. The van der Waals surface area contributed by atoms with Crippen molar-refractivity contribution in [2.75, 3.05) is 6.54 Å². The molecule has 0 unspecified atom stereocenters. The lowest BCUT2D eigenvalue weighted by atomic mass is 10.1. The van der Waals surface area contributed by atoms with Crippen molar-refractivity contribution >= 4 is 6.03 Å². The molecule has 8 heteroatoms. The first-order valence-corrected chi connectivity index (χ1v) is 6.85. The normalized spacial score (nSPS) is 18.7. The molecule has 1 aromatic rings. The summed E-state index contributed by atoms with van der Waals surface area (Å²) in [6.07, 6.45) is -6.47. The molecule has 0 saturated carbocycles. The molecule has 4 nitrogen and oxygen atoms in total. The Bertz CT molecular complexity index is 548. The zero-order valence-corrected chi connectivity index (χ0v) is 11.6. The maximum atomic E-state index is 13.2. The third-order valence-electron chi connectivity index (χ3n) is 3.57. The predicted molar refractivity (Wildman–Crippen MR) is 70.7 cm³/mol. The number of urea groups is 1. The van der Waals surface area contributed by atoms with Crippen molar-refractivity contribution in [3.8, 4) is 0 Å². The van der Waals surface area contributed by atoms with Crippen LogP contribution in [0, 0.1) is 5.82 Å². The van der Waals surface area contributed by atoms with Gasteiger partial charge in [-0.1, -0.05) is 6.07 Å². The number of hydrogen-bond donors (Lipinski definition) is 3. The number of aliphatic hydroxyl groups excluding tert-OH is 1. The molecule has 1 aliphatic rings. The molecule has 3 N–H and O–H groups in total. The Balaban J connectivity index is 1.81. The van der Waals surface area contributed by atoms with Crippen LogP contribution in [0.25, 0.3) is 0 Å². The molecular formula is C14H16F4N2O2. The maximum absolute atomic E-state index is 13.2. The van der Waals surface area contributed by atoms with Crippen LogP contribution in [0.5, 0.6) is 0 Å². The number of rotatable bonds is 4. The third-order valence-corrected chi connectivity index (χ3v) is 3.57. The van der Waals surface area contributed by atoms with E-state index in [0.29, 0.717) is 18.4 Å². The SMILES string of the molecule is O=C(NCC[C@H](O)C(F)(F)F)N[C@H]1CCc2ccc(F)cc21. The second-order valence-electron chi connectivity index (χ2n) is 5.18. The van der Waals surface area contributed by atoms with Gasteiger partial charge in [0.2, 0.25) is 0 Å². The van der Waals surface area contributed by atoms with Crippen molar-refractivity contribution < 1.29 is 27.5 Å². The van der Waals surface area contributed by atoms with E-state index in [2.05, 4.69) is 10.6 Å². The van der Waals surface area contributed by atoms with Gasteiger partial charge in [0, 0.05) is 6.54 Å². The van der Waals surface area contributed by atoms with Gasteiger partial charge >= 0.3 is 12.2 Å². The molecule has 0 spiro atoms. The van der Waals surface area contributed by atoms with E-state index >= 15 is 0 Å². The molecule has 22 heavy (non-hydrogen) atoms. The topological polar surface area (TPSA) is 61.4 Å². The first kappa shape index (κ1) is 16.5. The van der Waals surface area contributed by atoms with Gasteiger partial charge in [-0.25, -0.2) is 9.18 Å². The summed E-state index contributed by atoms with van der Waals surface area (Å²) in [5.41, 5.74) is 1.63. The van der Waals surface area contributed by atoms with Crippen LogP contribution in [0.4, 0.5) is 22.4 Å². The highest BCUT2D eigenvalue weighted by molar-refractivity contribution is 5.74. The molecule has 0 aliphatic heterocycles. The van der Waals surface area contributed by atoms with E-state index in [1.807, 2.05) is 0 Å². The molecular weight excluding hydrogens is 304 g/mol. The molecule has 122 valence electrons. The van der Waals surface area contributed by atoms with Crippen LogP contribution in [-0.2, 0) is 6.42 Å². The van der Waals surface area contributed by atoms with Gasteiger partial charge in [0.05, 0.1) is 6.04 Å². The van der Waals surface area contributed by atoms with Gasteiger partial charge in [-0.05, 0) is 42.5 Å². The Morgan fingerprint density at radius 3 is 2.82 bits per heavy atom. The maximum Gasteiger partial charge on any atom is 0.414 e. The van der Waals surface area contributed by atoms with Gasteiger partial charge in [-0.15, -0.1) is 0 Å². The number of hydrogen-bond acceptors (Lipinski definition) is 2. The molecule has 0 aromatic heterocycles. The second kappa shape index (κ2) is 6.51. The van der Waals surface area contributed by atoms with E-state index in [1.54, 1.807) is 6.07 Å². The Labute approximate surface area is 124 Å². The van der Waals surface area contributed by atoms with Crippen LogP contribution >= 0.6 is 0 Å². The number of nitrogens with one attached hydrogen (secondary N) is 2. The zero-order chi connectivity index (χ0) is 16.3. The number of fused-ring (bicyclic) bond motifs is 1. The first-order valence-electron chi connectivity index (χ1n) is 6.85. The van der Waals surface area contributed by atoms with E-state index < -0.39 is 30.5 Å². The van der Waals surface area contributed by atoms with Crippen LogP contribution in [-0.4, -0.2) is 30.0 Å². The van der Waals surface area contributed by atoms with Gasteiger partial charge in [0.15, 0.2) is 6.10 Å². The average molecular weight is 320 g/mol. The Hall–Kier alpha value is -1.83. The number of aryl methyl sites for hydroxylation is 1. The van der Waals surface area contributed by atoms with Crippen LogP contribution in [0.3, 0.4) is 0 Å². The molecule has 1 aliphatic carbocycles. The number of amides is 2. The average Bonchev–Trinajstić information content (AvgIpc) is 2.80. The van der Waals surface area contributed by atoms with E-state index in [4.69, 9.17) is 5.11 Å². The minimum absolute atomic E-state index is 0.310. The Morgan fingerprint density at radius 2 is 2.14 bits per heavy atom. The fourth-order valence-electron chi connectivity index (χ4n) is 2.42. The molecule has 0 fully saturated rings. The summed E-state index contributed by atoms with van der Waals surface area (Å²) < 4.78 is 49.5. The minimum atomic E-state index is -4.69. The molecule has 1 aromatic carbocycles. The molecule has 0 saturated heterocycles. The number of halogens is 4. The van der Waals surface area contributed by atoms with Crippen LogP contribution < -0.4 is 10.6 Å². The van der Waals surface area contributed by atoms with Crippen molar-refractivity contribution in [2.45, 2.75) is 37.6 Å². The molecule has 0 radical (unpaired) electrons. The van der Waals surface area contributed by atoms with Crippen LogP contribution in [0.2, 0.25) is 0 Å². The number of carbonyl (C=O) groups excluding carboxylic acids is 1. The standard InChI is InChI=1S/C14H16F4N2O2/c15-9-3-1-8-2-4-11(10(8)7-9)20-13(22)19-6-5-12(21)14(16,17)18/h1,3,7,11-12,21H,2,4-6H2,(H2,19,20,22)/t11-,12-/m0/s1.